The molecular weight excluding hydrogens is 358 g/mol. The summed E-state index contributed by atoms with van der Waals surface area (Å²) >= 11 is 9.49. The predicted molar refractivity (Wildman–Crippen MR) is 85.3 cm³/mol. The highest BCUT2D eigenvalue weighted by atomic mass is 79.9. The SMILES string of the molecule is CCc1nn(C)c(COC(=O)c2cccc(N)c2Br)c1Cl. The van der Waals surface area contributed by atoms with Gasteiger partial charge in [-0.15, -0.1) is 0 Å². The molecule has 0 amide bonds. The van der Waals surface area contributed by atoms with Crippen LogP contribution in [0.25, 0.3) is 0 Å². The van der Waals surface area contributed by atoms with Crippen molar-refractivity contribution in [2.24, 2.45) is 7.05 Å². The Morgan fingerprint density at radius 3 is 2.86 bits per heavy atom. The summed E-state index contributed by atoms with van der Waals surface area (Å²) in [5.41, 5.74) is 8.06. The van der Waals surface area contributed by atoms with Crippen molar-refractivity contribution in [3.8, 4) is 0 Å². The Morgan fingerprint density at radius 2 is 2.24 bits per heavy atom. The van der Waals surface area contributed by atoms with Crippen LogP contribution in [0.4, 0.5) is 5.69 Å². The van der Waals surface area contributed by atoms with Crippen molar-refractivity contribution >= 4 is 39.2 Å². The Kier molecular flexibility index (Phi) is 4.90. The van der Waals surface area contributed by atoms with Crippen molar-refractivity contribution in [2.45, 2.75) is 20.0 Å². The minimum absolute atomic E-state index is 0.0579. The number of hydrogen-bond donors (Lipinski definition) is 1. The van der Waals surface area contributed by atoms with Gasteiger partial charge in [0.05, 0.1) is 26.4 Å². The van der Waals surface area contributed by atoms with Crippen LogP contribution >= 0.6 is 27.5 Å². The number of halogens is 2. The first-order chi connectivity index (χ1) is 9.95. The number of carbonyl (C=O) groups is 1. The summed E-state index contributed by atoms with van der Waals surface area (Å²) in [6.45, 7) is 2.02. The summed E-state index contributed by atoms with van der Waals surface area (Å²) < 4.78 is 7.46. The molecule has 2 N–H and O–H groups in total. The Labute approximate surface area is 136 Å². The van der Waals surface area contributed by atoms with E-state index in [0.717, 1.165) is 12.1 Å². The number of rotatable bonds is 4. The fourth-order valence-corrected chi connectivity index (χ4v) is 2.67. The fourth-order valence-electron chi connectivity index (χ4n) is 1.90. The van der Waals surface area contributed by atoms with Gasteiger partial charge in [-0.2, -0.15) is 5.10 Å². The number of nitrogens with zero attached hydrogens (tertiary/aromatic N) is 2. The van der Waals surface area contributed by atoms with Crippen LogP contribution < -0.4 is 5.73 Å². The number of hydrogen-bond acceptors (Lipinski definition) is 4. The molecule has 2 aromatic rings. The summed E-state index contributed by atoms with van der Waals surface area (Å²) in [5, 5.41) is 4.82. The van der Waals surface area contributed by atoms with Crippen molar-refractivity contribution in [1.29, 1.82) is 0 Å². The highest BCUT2D eigenvalue weighted by molar-refractivity contribution is 9.10. The van der Waals surface area contributed by atoms with Crippen molar-refractivity contribution in [3.05, 3.63) is 44.6 Å². The second-order valence-electron chi connectivity index (χ2n) is 4.47. The monoisotopic (exact) mass is 371 g/mol. The number of aryl methyl sites for hydroxylation is 2. The summed E-state index contributed by atoms with van der Waals surface area (Å²) in [6, 6.07) is 5.04. The van der Waals surface area contributed by atoms with Gasteiger partial charge >= 0.3 is 5.97 Å². The topological polar surface area (TPSA) is 70.1 Å². The van der Waals surface area contributed by atoms with E-state index in [1.165, 1.54) is 0 Å². The molecule has 2 rings (SSSR count). The highest BCUT2D eigenvalue weighted by Crippen LogP contribution is 2.26. The second kappa shape index (κ2) is 6.49. The van der Waals surface area contributed by atoms with Crippen LogP contribution in [-0.4, -0.2) is 15.7 Å². The number of carbonyl (C=O) groups excluding carboxylic acids is 1. The smallest absolute Gasteiger partial charge is 0.339 e. The van der Waals surface area contributed by atoms with Gasteiger partial charge in [-0.05, 0) is 34.5 Å². The van der Waals surface area contributed by atoms with E-state index >= 15 is 0 Å². The lowest BCUT2D eigenvalue weighted by molar-refractivity contribution is 0.0462. The molecule has 0 spiro atoms. The summed E-state index contributed by atoms with van der Waals surface area (Å²) in [6.07, 6.45) is 0.724. The molecule has 0 aliphatic rings. The minimum atomic E-state index is -0.468. The average Bonchev–Trinajstić information content (AvgIpc) is 2.74. The van der Waals surface area contributed by atoms with Crippen molar-refractivity contribution in [1.82, 2.24) is 9.78 Å². The first-order valence-electron chi connectivity index (χ1n) is 6.37. The Balaban J connectivity index is 2.15. The minimum Gasteiger partial charge on any atom is -0.456 e. The van der Waals surface area contributed by atoms with Gasteiger partial charge in [-0.3, -0.25) is 4.68 Å². The van der Waals surface area contributed by atoms with Gasteiger partial charge in [0.1, 0.15) is 6.61 Å². The molecule has 0 radical (unpaired) electrons. The van der Waals surface area contributed by atoms with E-state index in [0.29, 0.717) is 26.4 Å². The van der Waals surface area contributed by atoms with Crippen molar-refractivity contribution < 1.29 is 9.53 Å². The van der Waals surface area contributed by atoms with Crippen LogP contribution in [-0.2, 0) is 24.8 Å². The van der Waals surface area contributed by atoms with Crippen LogP contribution in [0.15, 0.2) is 22.7 Å². The number of esters is 1. The highest BCUT2D eigenvalue weighted by Gasteiger charge is 2.17. The molecule has 5 nitrogen and oxygen atoms in total. The average molecular weight is 373 g/mol. The molecule has 112 valence electrons. The zero-order chi connectivity index (χ0) is 15.6. The van der Waals surface area contributed by atoms with E-state index < -0.39 is 5.97 Å². The molecule has 0 aliphatic carbocycles. The molecule has 7 heteroatoms. The summed E-state index contributed by atoms with van der Waals surface area (Å²) in [7, 11) is 1.77. The van der Waals surface area contributed by atoms with Gasteiger partial charge in [-0.25, -0.2) is 4.79 Å². The van der Waals surface area contributed by atoms with Crippen molar-refractivity contribution in [3.63, 3.8) is 0 Å². The van der Waals surface area contributed by atoms with Gasteiger partial charge in [0.25, 0.3) is 0 Å². The van der Waals surface area contributed by atoms with Gasteiger partial charge in [-0.1, -0.05) is 24.6 Å². The lowest BCUT2D eigenvalue weighted by Crippen LogP contribution is -2.09. The molecule has 0 saturated carbocycles. The summed E-state index contributed by atoms with van der Waals surface area (Å²) in [5.74, 6) is -0.468. The van der Waals surface area contributed by atoms with Crippen LogP contribution in [0, 0.1) is 0 Å². The molecule has 0 bridgehead atoms. The van der Waals surface area contributed by atoms with Gasteiger partial charge in [0, 0.05) is 12.7 Å². The van der Waals surface area contributed by atoms with Crippen LogP contribution in [0.2, 0.25) is 5.02 Å². The third-order valence-corrected chi connectivity index (χ3v) is 4.41. The van der Waals surface area contributed by atoms with E-state index in [1.54, 1.807) is 29.9 Å². The van der Waals surface area contributed by atoms with Gasteiger partial charge in [0.2, 0.25) is 0 Å². The number of aromatic nitrogens is 2. The summed E-state index contributed by atoms with van der Waals surface area (Å²) in [4.78, 5) is 12.1. The number of benzene rings is 1. The first kappa shape index (κ1) is 15.9. The van der Waals surface area contributed by atoms with E-state index in [1.807, 2.05) is 6.92 Å². The molecular formula is C14H15BrClN3O2. The zero-order valence-electron chi connectivity index (χ0n) is 11.7. The fraction of sp³-hybridized carbons (Fsp3) is 0.286. The number of nitrogen functional groups attached to an aromatic ring is 1. The molecule has 21 heavy (non-hydrogen) atoms. The first-order valence-corrected chi connectivity index (χ1v) is 7.54. The lowest BCUT2D eigenvalue weighted by atomic mass is 10.2. The molecule has 0 unspecified atom stereocenters. The third kappa shape index (κ3) is 3.22. The quantitative estimate of drug-likeness (QED) is 0.660. The molecule has 0 atom stereocenters. The molecule has 1 aromatic heterocycles. The van der Waals surface area contributed by atoms with Crippen molar-refractivity contribution in [2.75, 3.05) is 5.73 Å². The molecule has 1 aromatic carbocycles. The van der Waals surface area contributed by atoms with Crippen LogP contribution in [0.1, 0.15) is 28.7 Å². The maximum Gasteiger partial charge on any atom is 0.339 e. The molecule has 1 heterocycles. The van der Waals surface area contributed by atoms with E-state index in [2.05, 4.69) is 21.0 Å². The number of anilines is 1. The molecule has 0 aliphatic heterocycles. The Bertz CT molecular complexity index is 685. The second-order valence-corrected chi connectivity index (χ2v) is 5.64. The largest absolute Gasteiger partial charge is 0.456 e. The Morgan fingerprint density at radius 1 is 1.52 bits per heavy atom. The molecule has 0 fully saturated rings. The lowest BCUT2D eigenvalue weighted by Gasteiger charge is -2.08. The zero-order valence-corrected chi connectivity index (χ0v) is 14.0. The number of nitrogens with two attached hydrogens (primary N) is 1. The normalized spacial score (nSPS) is 10.7. The van der Waals surface area contributed by atoms with E-state index in [4.69, 9.17) is 22.1 Å². The standard InChI is InChI=1S/C14H15BrClN3O2/c1-3-10-13(16)11(19(2)18-10)7-21-14(20)8-5-4-6-9(17)12(8)15/h4-6H,3,7,17H2,1-2H3. The molecule has 0 saturated heterocycles. The van der Waals surface area contributed by atoms with Gasteiger partial charge < -0.3 is 10.5 Å². The number of ether oxygens (including phenoxy) is 1. The maximum atomic E-state index is 12.1. The van der Waals surface area contributed by atoms with E-state index in [-0.39, 0.29) is 6.61 Å². The third-order valence-electron chi connectivity index (χ3n) is 3.09. The maximum absolute atomic E-state index is 12.1. The van der Waals surface area contributed by atoms with Gasteiger partial charge in [0.15, 0.2) is 0 Å². The Hall–Kier alpha value is -1.53. The van der Waals surface area contributed by atoms with Crippen LogP contribution in [0.5, 0.6) is 0 Å². The predicted octanol–water partition coefficient (Wildman–Crippen LogP) is 3.34. The van der Waals surface area contributed by atoms with Crippen LogP contribution in [0.3, 0.4) is 0 Å². The van der Waals surface area contributed by atoms with E-state index in [9.17, 15) is 4.79 Å².